The molecule has 0 aromatic rings. The Balaban J connectivity index is 2.39. The Morgan fingerprint density at radius 2 is 2.55 bits per heavy atom. The van der Waals surface area contributed by atoms with E-state index in [9.17, 15) is 4.79 Å². The summed E-state index contributed by atoms with van der Waals surface area (Å²) in [7, 11) is 0. The zero-order valence-corrected chi connectivity index (χ0v) is 6.19. The molecule has 1 aliphatic rings. The lowest BCUT2D eigenvalue weighted by molar-refractivity contribution is -0.0167. The van der Waals surface area contributed by atoms with Gasteiger partial charge in [0, 0.05) is 13.1 Å². The van der Waals surface area contributed by atoms with E-state index in [0.29, 0.717) is 26.2 Å². The minimum Gasteiger partial charge on any atom is -0.465 e. The molecule has 0 aliphatic carbocycles. The van der Waals surface area contributed by atoms with Crippen molar-refractivity contribution in [1.82, 2.24) is 4.90 Å². The highest BCUT2D eigenvalue weighted by Gasteiger charge is 2.22. The molecule has 11 heavy (non-hydrogen) atoms. The maximum atomic E-state index is 10.4. The number of hydrogen-bond donors (Lipinski definition) is 2. The molecule has 3 N–H and O–H groups in total. The Morgan fingerprint density at radius 3 is 3.09 bits per heavy atom. The molecule has 1 aliphatic heterocycles. The van der Waals surface area contributed by atoms with Crippen LogP contribution in [0.1, 0.15) is 0 Å². The lowest BCUT2D eigenvalue weighted by Crippen LogP contribution is -2.47. The van der Waals surface area contributed by atoms with Gasteiger partial charge < -0.3 is 20.5 Å². The molecule has 1 rings (SSSR count). The normalized spacial score (nSPS) is 25.2. The van der Waals surface area contributed by atoms with Crippen molar-refractivity contribution >= 4 is 6.09 Å². The molecule has 5 nitrogen and oxygen atoms in total. The number of ether oxygens (including phenoxy) is 1. The monoisotopic (exact) mass is 160 g/mol. The maximum Gasteiger partial charge on any atom is 0.407 e. The number of carbonyl (C=O) groups is 1. The summed E-state index contributed by atoms with van der Waals surface area (Å²) in [6, 6.07) is 0. The van der Waals surface area contributed by atoms with Crippen molar-refractivity contribution in [3.63, 3.8) is 0 Å². The number of amides is 1. The molecule has 0 bridgehead atoms. The first kappa shape index (κ1) is 8.29. The first-order valence-electron chi connectivity index (χ1n) is 3.53. The standard InChI is InChI=1S/C6H12N2O3/c7-3-5-4-8(6(9)10)1-2-11-5/h5H,1-4,7H2,(H,9,10)/t5-/m0/s1. The van der Waals surface area contributed by atoms with Crippen LogP contribution in [0.3, 0.4) is 0 Å². The molecule has 0 unspecified atom stereocenters. The Labute approximate surface area is 64.7 Å². The maximum absolute atomic E-state index is 10.4. The van der Waals surface area contributed by atoms with E-state index in [1.54, 1.807) is 0 Å². The van der Waals surface area contributed by atoms with Gasteiger partial charge in [-0.2, -0.15) is 0 Å². The third-order valence-corrected chi connectivity index (χ3v) is 1.67. The van der Waals surface area contributed by atoms with Crippen molar-refractivity contribution in [3.8, 4) is 0 Å². The molecule has 1 heterocycles. The third-order valence-electron chi connectivity index (χ3n) is 1.67. The molecule has 1 saturated heterocycles. The van der Waals surface area contributed by atoms with Gasteiger partial charge in [-0.15, -0.1) is 0 Å². The molecule has 0 aromatic heterocycles. The van der Waals surface area contributed by atoms with E-state index in [1.165, 1.54) is 4.90 Å². The molecule has 5 heteroatoms. The van der Waals surface area contributed by atoms with Crippen molar-refractivity contribution < 1.29 is 14.6 Å². The van der Waals surface area contributed by atoms with Gasteiger partial charge in [0.05, 0.1) is 19.3 Å². The van der Waals surface area contributed by atoms with E-state index >= 15 is 0 Å². The summed E-state index contributed by atoms with van der Waals surface area (Å²) < 4.78 is 5.18. The minimum atomic E-state index is -0.897. The van der Waals surface area contributed by atoms with Crippen LogP contribution in [0.2, 0.25) is 0 Å². The molecular weight excluding hydrogens is 148 g/mol. The molecule has 1 atom stereocenters. The van der Waals surface area contributed by atoms with Crippen LogP contribution in [0.25, 0.3) is 0 Å². The molecule has 1 fully saturated rings. The Morgan fingerprint density at radius 1 is 1.82 bits per heavy atom. The van der Waals surface area contributed by atoms with Crippen molar-refractivity contribution in [1.29, 1.82) is 0 Å². The summed E-state index contributed by atoms with van der Waals surface area (Å²) in [4.78, 5) is 11.8. The SMILES string of the molecule is NC[C@H]1CN(C(=O)O)CCO1. The fourth-order valence-electron chi connectivity index (χ4n) is 1.04. The van der Waals surface area contributed by atoms with Crippen LogP contribution in [-0.4, -0.2) is 48.4 Å². The average Bonchev–Trinajstić information content (AvgIpc) is 2.05. The summed E-state index contributed by atoms with van der Waals surface area (Å²) >= 11 is 0. The summed E-state index contributed by atoms with van der Waals surface area (Å²) in [5, 5.41) is 8.58. The molecule has 0 aromatic carbocycles. The topological polar surface area (TPSA) is 75.8 Å². The quantitative estimate of drug-likeness (QED) is 0.533. The molecular formula is C6H12N2O3. The van der Waals surface area contributed by atoms with E-state index < -0.39 is 6.09 Å². The van der Waals surface area contributed by atoms with Crippen LogP contribution >= 0.6 is 0 Å². The van der Waals surface area contributed by atoms with Crippen LogP contribution in [0.4, 0.5) is 4.79 Å². The zero-order chi connectivity index (χ0) is 8.27. The van der Waals surface area contributed by atoms with Gasteiger partial charge in [-0.05, 0) is 0 Å². The van der Waals surface area contributed by atoms with Crippen LogP contribution in [-0.2, 0) is 4.74 Å². The summed E-state index contributed by atoms with van der Waals surface area (Å²) in [5.41, 5.74) is 5.32. The number of morpholine rings is 1. The molecule has 1 amide bonds. The number of nitrogens with zero attached hydrogens (tertiary/aromatic N) is 1. The van der Waals surface area contributed by atoms with Gasteiger partial charge in [0.15, 0.2) is 0 Å². The van der Waals surface area contributed by atoms with Gasteiger partial charge >= 0.3 is 6.09 Å². The Kier molecular flexibility index (Phi) is 2.67. The number of rotatable bonds is 1. The van der Waals surface area contributed by atoms with Gasteiger partial charge in [-0.3, -0.25) is 0 Å². The largest absolute Gasteiger partial charge is 0.465 e. The van der Waals surface area contributed by atoms with Gasteiger partial charge in [0.1, 0.15) is 0 Å². The number of hydrogen-bond acceptors (Lipinski definition) is 3. The predicted octanol–water partition coefficient (Wildman–Crippen LogP) is -0.676. The van der Waals surface area contributed by atoms with Crippen LogP contribution in [0.15, 0.2) is 0 Å². The van der Waals surface area contributed by atoms with Gasteiger partial charge in [-0.1, -0.05) is 0 Å². The number of nitrogens with two attached hydrogens (primary N) is 1. The highest BCUT2D eigenvalue weighted by molar-refractivity contribution is 5.65. The third kappa shape index (κ3) is 2.06. The van der Waals surface area contributed by atoms with E-state index in [1.807, 2.05) is 0 Å². The second-order valence-corrected chi connectivity index (χ2v) is 2.46. The first-order valence-corrected chi connectivity index (χ1v) is 3.53. The molecule has 0 radical (unpaired) electrons. The number of carboxylic acid groups (broad SMARTS) is 1. The van der Waals surface area contributed by atoms with E-state index in [0.717, 1.165) is 0 Å². The second kappa shape index (κ2) is 3.54. The summed E-state index contributed by atoms with van der Waals surface area (Å²) in [6.45, 7) is 1.68. The highest BCUT2D eigenvalue weighted by Crippen LogP contribution is 2.03. The van der Waals surface area contributed by atoms with Gasteiger partial charge in [0.25, 0.3) is 0 Å². The lowest BCUT2D eigenvalue weighted by Gasteiger charge is -2.30. The lowest BCUT2D eigenvalue weighted by atomic mass is 10.3. The van der Waals surface area contributed by atoms with Crippen molar-refractivity contribution in [2.75, 3.05) is 26.2 Å². The van der Waals surface area contributed by atoms with Crippen molar-refractivity contribution in [3.05, 3.63) is 0 Å². The van der Waals surface area contributed by atoms with E-state index in [-0.39, 0.29) is 6.10 Å². The molecule has 64 valence electrons. The van der Waals surface area contributed by atoms with E-state index in [4.69, 9.17) is 15.6 Å². The highest BCUT2D eigenvalue weighted by atomic mass is 16.5. The first-order chi connectivity index (χ1) is 5.24. The van der Waals surface area contributed by atoms with Gasteiger partial charge in [-0.25, -0.2) is 4.79 Å². The van der Waals surface area contributed by atoms with E-state index in [2.05, 4.69) is 0 Å². The Bertz CT molecular complexity index is 151. The van der Waals surface area contributed by atoms with Crippen LogP contribution in [0, 0.1) is 0 Å². The van der Waals surface area contributed by atoms with Crippen LogP contribution in [0.5, 0.6) is 0 Å². The smallest absolute Gasteiger partial charge is 0.407 e. The van der Waals surface area contributed by atoms with Gasteiger partial charge in [0.2, 0.25) is 0 Å². The second-order valence-electron chi connectivity index (χ2n) is 2.46. The predicted molar refractivity (Wildman–Crippen MR) is 38.4 cm³/mol. The Hall–Kier alpha value is -0.810. The fraction of sp³-hybridized carbons (Fsp3) is 0.833. The minimum absolute atomic E-state index is 0.125. The average molecular weight is 160 g/mol. The van der Waals surface area contributed by atoms with Crippen molar-refractivity contribution in [2.45, 2.75) is 6.10 Å². The summed E-state index contributed by atoms with van der Waals surface area (Å²) in [6.07, 6.45) is -1.02. The van der Waals surface area contributed by atoms with Crippen LogP contribution < -0.4 is 5.73 Å². The fourth-order valence-corrected chi connectivity index (χ4v) is 1.04. The zero-order valence-electron chi connectivity index (χ0n) is 6.19. The summed E-state index contributed by atoms with van der Waals surface area (Å²) in [5.74, 6) is 0. The van der Waals surface area contributed by atoms with Crippen molar-refractivity contribution in [2.24, 2.45) is 5.73 Å². The molecule has 0 saturated carbocycles. The molecule has 0 spiro atoms.